The van der Waals surface area contributed by atoms with Gasteiger partial charge in [0.25, 0.3) is 11.6 Å². The number of thiazole rings is 1. The lowest BCUT2D eigenvalue weighted by molar-refractivity contribution is -0.382. The van der Waals surface area contributed by atoms with E-state index in [2.05, 4.69) is 10.3 Å². The van der Waals surface area contributed by atoms with Crippen LogP contribution in [0.15, 0.2) is 36.4 Å². The maximum Gasteiger partial charge on any atom is 0.338 e. The predicted octanol–water partition coefficient (Wildman–Crippen LogP) is 5.89. The maximum absolute atomic E-state index is 12.8. The van der Waals surface area contributed by atoms with Gasteiger partial charge in [0.1, 0.15) is 9.58 Å². The Morgan fingerprint density at radius 2 is 2.00 bits per heavy atom. The average Bonchev–Trinajstić information content (AvgIpc) is 3.27. The number of amides is 1. The van der Waals surface area contributed by atoms with Gasteiger partial charge in [-0.2, -0.15) is 0 Å². The lowest BCUT2D eigenvalue weighted by Crippen LogP contribution is -2.11. The number of thiophene rings is 1. The number of nitro benzene ring substituents is 1. The molecule has 0 radical (unpaired) electrons. The van der Waals surface area contributed by atoms with Gasteiger partial charge in [0.15, 0.2) is 5.13 Å². The minimum atomic E-state index is -0.515. The summed E-state index contributed by atoms with van der Waals surface area (Å²) in [5.74, 6) is -0.950. The first kappa shape index (κ1) is 21.2. The standard InChI is InChI=1S/C20H14ClN3O5S2/c1-9(2)29-19(26)10-6-7-12-14(8-10)30-20(22-12)23-18(25)17-15(21)11-4-3-5-13(24(27)28)16(11)31-17/h3-9H,1-2H3,(H,22,23,25). The van der Waals surface area contributed by atoms with Crippen molar-refractivity contribution >= 4 is 77.3 Å². The van der Waals surface area contributed by atoms with E-state index in [0.717, 1.165) is 11.3 Å². The van der Waals surface area contributed by atoms with Gasteiger partial charge in [-0.25, -0.2) is 9.78 Å². The molecule has 11 heteroatoms. The molecule has 2 heterocycles. The zero-order valence-electron chi connectivity index (χ0n) is 16.2. The van der Waals surface area contributed by atoms with E-state index < -0.39 is 16.8 Å². The Labute approximate surface area is 188 Å². The topological polar surface area (TPSA) is 111 Å². The molecule has 0 unspecified atom stereocenters. The molecule has 0 atom stereocenters. The van der Waals surface area contributed by atoms with Crippen LogP contribution in [0.1, 0.15) is 33.9 Å². The number of esters is 1. The van der Waals surface area contributed by atoms with Gasteiger partial charge in [-0.3, -0.25) is 20.2 Å². The predicted molar refractivity (Wildman–Crippen MR) is 122 cm³/mol. The van der Waals surface area contributed by atoms with Crippen LogP contribution >= 0.6 is 34.3 Å². The fourth-order valence-electron chi connectivity index (χ4n) is 2.90. The first-order chi connectivity index (χ1) is 14.7. The van der Waals surface area contributed by atoms with Crippen LogP contribution in [-0.4, -0.2) is 27.9 Å². The fraction of sp³-hybridized carbons (Fsp3) is 0.150. The summed E-state index contributed by atoms with van der Waals surface area (Å²) in [6, 6.07) is 9.47. The number of nitrogens with one attached hydrogen (secondary N) is 1. The summed E-state index contributed by atoms with van der Waals surface area (Å²) in [6.07, 6.45) is -0.235. The molecule has 4 aromatic rings. The van der Waals surface area contributed by atoms with Crippen molar-refractivity contribution in [3.63, 3.8) is 0 Å². The minimum Gasteiger partial charge on any atom is -0.459 e. The highest BCUT2D eigenvalue weighted by Gasteiger charge is 2.23. The van der Waals surface area contributed by atoms with E-state index >= 15 is 0 Å². The van der Waals surface area contributed by atoms with Crippen molar-refractivity contribution in [2.45, 2.75) is 20.0 Å². The second-order valence-electron chi connectivity index (χ2n) is 6.77. The number of fused-ring (bicyclic) bond motifs is 2. The SMILES string of the molecule is CC(C)OC(=O)c1ccc2nc(NC(=O)c3sc4c([N+](=O)[O-])cccc4c3Cl)sc2c1. The molecule has 158 valence electrons. The molecule has 31 heavy (non-hydrogen) atoms. The van der Waals surface area contributed by atoms with Gasteiger partial charge < -0.3 is 4.74 Å². The largest absolute Gasteiger partial charge is 0.459 e. The van der Waals surface area contributed by atoms with Crippen molar-refractivity contribution in [2.75, 3.05) is 5.32 Å². The summed E-state index contributed by atoms with van der Waals surface area (Å²) in [6.45, 7) is 3.54. The second kappa shape index (κ2) is 8.22. The van der Waals surface area contributed by atoms with Gasteiger partial charge in [-0.05, 0) is 32.0 Å². The van der Waals surface area contributed by atoms with E-state index in [-0.39, 0.29) is 21.7 Å². The number of nitro groups is 1. The molecule has 0 aliphatic rings. The van der Waals surface area contributed by atoms with Crippen molar-refractivity contribution in [1.82, 2.24) is 4.98 Å². The summed E-state index contributed by atoms with van der Waals surface area (Å²) in [4.78, 5) is 40.2. The third kappa shape index (κ3) is 4.09. The van der Waals surface area contributed by atoms with E-state index in [9.17, 15) is 19.7 Å². The number of ether oxygens (including phenoxy) is 1. The Kier molecular flexibility index (Phi) is 5.61. The van der Waals surface area contributed by atoms with Crippen LogP contribution in [0, 0.1) is 10.1 Å². The molecule has 0 bridgehead atoms. The Balaban J connectivity index is 1.63. The third-order valence-corrected chi connectivity index (χ3v) is 6.89. The normalized spacial score (nSPS) is 11.2. The number of benzene rings is 2. The van der Waals surface area contributed by atoms with Crippen LogP contribution in [0.4, 0.5) is 10.8 Å². The molecule has 0 aliphatic heterocycles. The van der Waals surface area contributed by atoms with E-state index in [1.807, 2.05) is 0 Å². The Morgan fingerprint density at radius 1 is 1.23 bits per heavy atom. The zero-order chi connectivity index (χ0) is 22.3. The quantitative estimate of drug-likeness (QED) is 0.219. The first-order valence-corrected chi connectivity index (χ1v) is 11.0. The van der Waals surface area contributed by atoms with Gasteiger partial charge in [-0.1, -0.05) is 35.1 Å². The van der Waals surface area contributed by atoms with Crippen molar-refractivity contribution < 1.29 is 19.2 Å². The summed E-state index contributed by atoms with van der Waals surface area (Å²) in [7, 11) is 0. The molecule has 2 aromatic carbocycles. The fourth-order valence-corrected chi connectivity index (χ4v) is 5.29. The van der Waals surface area contributed by atoms with Crippen LogP contribution in [0.2, 0.25) is 5.02 Å². The molecule has 2 aromatic heterocycles. The van der Waals surface area contributed by atoms with Gasteiger partial charge in [0, 0.05) is 11.5 Å². The number of anilines is 1. The summed E-state index contributed by atoms with van der Waals surface area (Å²) in [5.41, 5.74) is 0.895. The summed E-state index contributed by atoms with van der Waals surface area (Å²) >= 11 is 8.48. The Morgan fingerprint density at radius 3 is 2.71 bits per heavy atom. The number of nitrogens with zero attached hydrogens (tertiary/aromatic N) is 2. The Bertz CT molecular complexity index is 1360. The number of aromatic nitrogens is 1. The molecule has 1 N–H and O–H groups in total. The van der Waals surface area contributed by atoms with Gasteiger partial charge >= 0.3 is 5.97 Å². The Hall–Kier alpha value is -3.08. The lowest BCUT2D eigenvalue weighted by Gasteiger charge is -2.07. The van der Waals surface area contributed by atoms with Gasteiger partial charge in [-0.15, -0.1) is 11.3 Å². The molecular formula is C20H14ClN3O5S2. The van der Waals surface area contributed by atoms with E-state index in [4.69, 9.17) is 16.3 Å². The molecule has 0 aliphatic carbocycles. The van der Waals surface area contributed by atoms with Gasteiger partial charge in [0.05, 0.1) is 31.8 Å². The number of hydrogen-bond donors (Lipinski definition) is 1. The highest BCUT2D eigenvalue weighted by Crippen LogP contribution is 2.40. The van der Waals surface area contributed by atoms with E-state index in [0.29, 0.717) is 31.0 Å². The van der Waals surface area contributed by atoms with Crippen LogP contribution in [0.25, 0.3) is 20.3 Å². The van der Waals surface area contributed by atoms with Crippen molar-refractivity contribution in [1.29, 1.82) is 0 Å². The molecular weight excluding hydrogens is 462 g/mol. The number of rotatable bonds is 5. The van der Waals surface area contributed by atoms with Crippen LogP contribution < -0.4 is 5.32 Å². The molecule has 8 nitrogen and oxygen atoms in total. The van der Waals surface area contributed by atoms with Crippen LogP contribution in [0.3, 0.4) is 0 Å². The third-order valence-electron chi connectivity index (χ3n) is 4.22. The van der Waals surface area contributed by atoms with Gasteiger partial charge in [0.2, 0.25) is 0 Å². The highest BCUT2D eigenvalue weighted by atomic mass is 35.5. The zero-order valence-corrected chi connectivity index (χ0v) is 18.6. The number of hydrogen-bond acceptors (Lipinski definition) is 8. The average molecular weight is 476 g/mol. The van der Waals surface area contributed by atoms with Crippen molar-refractivity contribution in [3.8, 4) is 0 Å². The summed E-state index contributed by atoms with van der Waals surface area (Å²) < 4.78 is 6.23. The van der Waals surface area contributed by atoms with Crippen LogP contribution in [0.5, 0.6) is 0 Å². The molecule has 4 rings (SSSR count). The van der Waals surface area contributed by atoms with Crippen molar-refractivity contribution in [2.24, 2.45) is 0 Å². The number of carbonyl (C=O) groups is 2. The number of non-ortho nitro benzene ring substituents is 1. The molecule has 0 saturated heterocycles. The second-order valence-corrected chi connectivity index (χ2v) is 9.20. The molecule has 1 amide bonds. The van der Waals surface area contributed by atoms with E-state index in [1.54, 1.807) is 38.1 Å². The molecule has 0 spiro atoms. The number of halogens is 1. The highest BCUT2D eigenvalue weighted by molar-refractivity contribution is 7.23. The number of carbonyl (C=O) groups excluding carboxylic acids is 2. The lowest BCUT2D eigenvalue weighted by atomic mass is 10.2. The molecule has 0 saturated carbocycles. The van der Waals surface area contributed by atoms with Crippen LogP contribution in [-0.2, 0) is 4.74 Å². The minimum absolute atomic E-state index is 0.107. The summed E-state index contributed by atoms with van der Waals surface area (Å²) in [5, 5.41) is 14.9. The maximum atomic E-state index is 12.8. The van der Waals surface area contributed by atoms with E-state index in [1.165, 1.54) is 23.5 Å². The monoisotopic (exact) mass is 475 g/mol. The first-order valence-electron chi connectivity index (χ1n) is 9.03. The smallest absolute Gasteiger partial charge is 0.338 e. The molecule has 0 fully saturated rings. The van der Waals surface area contributed by atoms with Crippen molar-refractivity contribution in [3.05, 3.63) is 62.0 Å².